The molecule has 0 spiro atoms. The van der Waals surface area contributed by atoms with Crippen molar-refractivity contribution in [1.29, 1.82) is 5.26 Å². The van der Waals surface area contributed by atoms with Gasteiger partial charge in [0.1, 0.15) is 11.6 Å². The summed E-state index contributed by atoms with van der Waals surface area (Å²) in [4.78, 5) is 10.6. The number of methoxy groups -OCH3 is 1. The van der Waals surface area contributed by atoms with Crippen LogP contribution in [0.15, 0.2) is 12.1 Å². The van der Waals surface area contributed by atoms with Crippen molar-refractivity contribution in [2.45, 2.75) is 0 Å². The number of halogens is 1. The summed E-state index contributed by atoms with van der Waals surface area (Å²) in [5.41, 5.74) is -0.886. The molecule has 1 aromatic rings. The molecule has 0 amide bonds. The molecule has 0 heterocycles. The summed E-state index contributed by atoms with van der Waals surface area (Å²) in [6, 6.07) is 4.00. The number of carboxylic acid groups (broad SMARTS) is 1. The fourth-order valence-electron chi connectivity index (χ4n) is 1.02. The van der Waals surface area contributed by atoms with Gasteiger partial charge in [0.05, 0.1) is 12.7 Å². The number of carboxylic acids is 1. The van der Waals surface area contributed by atoms with Crippen molar-refractivity contribution in [1.82, 2.24) is 0 Å². The highest BCUT2D eigenvalue weighted by molar-refractivity contribution is 5.91. The van der Waals surface area contributed by atoms with Crippen molar-refractivity contribution < 1.29 is 19.0 Å². The van der Waals surface area contributed by atoms with Gasteiger partial charge in [0.25, 0.3) is 0 Å². The molecule has 0 aromatic heterocycles. The van der Waals surface area contributed by atoms with E-state index in [2.05, 4.69) is 4.74 Å². The van der Waals surface area contributed by atoms with Gasteiger partial charge in [-0.25, -0.2) is 9.18 Å². The fourth-order valence-corrected chi connectivity index (χ4v) is 1.02. The normalized spacial score (nSPS) is 9.21. The average molecular weight is 195 g/mol. The molecule has 0 fully saturated rings. The van der Waals surface area contributed by atoms with E-state index in [0.29, 0.717) is 0 Å². The number of hydrogen-bond donors (Lipinski definition) is 1. The third-order valence-corrected chi connectivity index (χ3v) is 1.66. The van der Waals surface area contributed by atoms with Gasteiger partial charge in [-0.3, -0.25) is 0 Å². The van der Waals surface area contributed by atoms with Crippen LogP contribution in [-0.2, 0) is 0 Å². The Morgan fingerprint density at radius 1 is 1.64 bits per heavy atom. The first-order chi connectivity index (χ1) is 6.61. The Morgan fingerprint density at radius 2 is 2.29 bits per heavy atom. The molecule has 14 heavy (non-hydrogen) atoms. The van der Waals surface area contributed by atoms with Crippen molar-refractivity contribution in [2.75, 3.05) is 7.11 Å². The van der Waals surface area contributed by atoms with Crippen molar-refractivity contribution in [3.8, 4) is 11.8 Å². The number of carbonyl (C=O) groups is 1. The van der Waals surface area contributed by atoms with Crippen LogP contribution >= 0.6 is 0 Å². The maximum atomic E-state index is 13.3. The highest BCUT2D eigenvalue weighted by Gasteiger charge is 2.19. The third kappa shape index (κ3) is 1.50. The Hall–Kier alpha value is -2.09. The zero-order valence-corrected chi connectivity index (χ0v) is 7.24. The van der Waals surface area contributed by atoms with Gasteiger partial charge < -0.3 is 9.84 Å². The minimum Gasteiger partial charge on any atom is -0.494 e. The van der Waals surface area contributed by atoms with Gasteiger partial charge >= 0.3 is 5.97 Å². The monoisotopic (exact) mass is 195 g/mol. The van der Waals surface area contributed by atoms with Crippen LogP contribution in [0.5, 0.6) is 5.75 Å². The lowest BCUT2D eigenvalue weighted by Crippen LogP contribution is -2.05. The van der Waals surface area contributed by atoms with Crippen LogP contribution < -0.4 is 4.74 Å². The number of rotatable bonds is 2. The predicted octanol–water partition coefficient (Wildman–Crippen LogP) is 1.40. The Bertz CT molecular complexity index is 423. The first kappa shape index (κ1) is 9.99. The zero-order valence-electron chi connectivity index (χ0n) is 7.24. The number of benzene rings is 1. The lowest BCUT2D eigenvalue weighted by molar-refractivity contribution is 0.0690. The van der Waals surface area contributed by atoms with Gasteiger partial charge in [0, 0.05) is 0 Å². The lowest BCUT2D eigenvalue weighted by atomic mass is 10.1. The maximum absolute atomic E-state index is 13.3. The van der Waals surface area contributed by atoms with Gasteiger partial charge in [-0.2, -0.15) is 5.26 Å². The third-order valence-electron chi connectivity index (χ3n) is 1.66. The van der Waals surface area contributed by atoms with Gasteiger partial charge in [0.2, 0.25) is 0 Å². The molecule has 5 heteroatoms. The first-order valence-electron chi connectivity index (χ1n) is 3.61. The van der Waals surface area contributed by atoms with Crippen molar-refractivity contribution >= 4 is 5.97 Å². The molecule has 0 atom stereocenters. The SMILES string of the molecule is COc1ccc(C#N)c(C(=O)O)c1F. The van der Waals surface area contributed by atoms with E-state index in [0.717, 1.165) is 0 Å². The largest absolute Gasteiger partial charge is 0.494 e. The number of aromatic carboxylic acids is 1. The maximum Gasteiger partial charge on any atom is 0.340 e. The average Bonchev–Trinajstić information content (AvgIpc) is 2.16. The van der Waals surface area contributed by atoms with Crippen LogP contribution in [0.1, 0.15) is 15.9 Å². The molecule has 0 unspecified atom stereocenters. The lowest BCUT2D eigenvalue weighted by Gasteiger charge is -2.05. The van der Waals surface area contributed by atoms with Crippen molar-refractivity contribution in [3.63, 3.8) is 0 Å². The molecule has 0 saturated carbocycles. The number of hydrogen-bond acceptors (Lipinski definition) is 3. The van der Waals surface area contributed by atoms with E-state index in [1.54, 1.807) is 6.07 Å². The van der Waals surface area contributed by atoms with Gasteiger partial charge in [-0.15, -0.1) is 0 Å². The quantitative estimate of drug-likeness (QED) is 0.774. The summed E-state index contributed by atoms with van der Waals surface area (Å²) in [6.07, 6.45) is 0. The molecule has 0 aliphatic carbocycles. The van der Waals surface area contributed by atoms with Crippen molar-refractivity contribution in [3.05, 3.63) is 29.1 Å². The highest BCUT2D eigenvalue weighted by Crippen LogP contribution is 2.23. The Labute approximate surface area is 79.2 Å². The second-order valence-corrected chi connectivity index (χ2v) is 2.42. The second kappa shape index (κ2) is 3.75. The molecule has 1 aromatic carbocycles. The summed E-state index contributed by atoms with van der Waals surface area (Å²) in [6.45, 7) is 0. The molecule has 0 bridgehead atoms. The fraction of sp³-hybridized carbons (Fsp3) is 0.111. The summed E-state index contributed by atoms with van der Waals surface area (Å²) in [5.74, 6) is -2.71. The van der Waals surface area contributed by atoms with E-state index < -0.39 is 17.3 Å². The minimum atomic E-state index is -1.49. The summed E-state index contributed by atoms with van der Waals surface area (Å²) < 4.78 is 17.9. The van der Waals surface area contributed by atoms with Crippen molar-refractivity contribution in [2.24, 2.45) is 0 Å². The summed E-state index contributed by atoms with van der Waals surface area (Å²) in [7, 11) is 1.22. The van der Waals surface area contributed by atoms with E-state index in [-0.39, 0.29) is 11.3 Å². The van der Waals surface area contributed by atoms with Crippen LogP contribution in [0, 0.1) is 17.1 Å². The molecule has 4 nitrogen and oxygen atoms in total. The van der Waals surface area contributed by atoms with Crippen LogP contribution in [0.25, 0.3) is 0 Å². The molecule has 1 N–H and O–H groups in total. The van der Waals surface area contributed by atoms with Crippen LogP contribution in [0.3, 0.4) is 0 Å². The topological polar surface area (TPSA) is 70.3 Å². The molecule has 0 aliphatic rings. The number of nitrogens with zero attached hydrogens (tertiary/aromatic N) is 1. The Kier molecular flexibility index (Phi) is 2.67. The zero-order chi connectivity index (χ0) is 10.7. The van der Waals surface area contributed by atoms with E-state index >= 15 is 0 Å². The second-order valence-electron chi connectivity index (χ2n) is 2.42. The van der Waals surface area contributed by atoms with Crippen LogP contribution in [-0.4, -0.2) is 18.2 Å². The standard InChI is InChI=1S/C9H6FNO3/c1-14-6-3-2-5(4-11)7(8(6)10)9(12)13/h2-3H,1H3,(H,12,13). The Morgan fingerprint density at radius 3 is 2.71 bits per heavy atom. The smallest absolute Gasteiger partial charge is 0.340 e. The van der Waals surface area contributed by atoms with E-state index in [9.17, 15) is 9.18 Å². The van der Waals surface area contributed by atoms with E-state index in [1.165, 1.54) is 19.2 Å². The Balaban J connectivity index is 3.49. The molecule has 0 saturated heterocycles. The molecule has 1 rings (SSSR count). The highest BCUT2D eigenvalue weighted by atomic mass is 19.1. The van der Waals surface area contributed by atoms with Crippen LogP contribution in [0.4, 0.5) is 4.39 Å². The van der Waals surface area contributed by atoms with E-state index in [4.69, 9.17) is 10.4 Å². The van der Waals surface area contributed by atoms with E-state index in [1.807, 2.05) is 0 Å². The molecular weight excluding hydrogens is 189 g/mol. The van der Waals surface area contributed by atoms with Gasteiger partial charge in [0.15, 0.2) is 11.6 Å². The minimum absolute atomic E-state index is 0.193. The number of nitriles is 1. The molecule has 0 radical (unpaired) electrons. The van der Waals surface area contributed by atoms with Gasteiger partial charge in [-0.05, 0) is 12.1 Å². The first-order valence-corrected chi connectivity index (χ1v) is 3.61. The van der Waals surface area contributed by atoms with Crippen LogP contribution in [0.2, 0.25) is 0 Å². The molecular formula is C9H6FNO3. The summed E-state index contributed by atoms with van der Waals surface area (Å²) >= 11 is 0. The molecule has 72 valence electrons. The summed E-state index contributed by atoms with van der Waals surface area (Å²) in [5, 5.41) is 17.2. The van der Waals surface area contributed by atoms with Gasteiger partial charge in [-0.1, -0.05) is 0 Å². The molecule has 0 aliphatic heterocycles. The predicted molar refractivity (Wildman–Crippen MR) is 44.6 cm³/mol. The number of ether oxygens (including phenoxy) is 1.